The second-order valence-electron chi connectivity index (χ2n) is 9.03. The minimum absolute atomic E-state index is 0.0143. The molecule has 1 amide bonds. The Morgan fingerprint density at radius 3 is 2.75 bits per heavy atom. The molecular formula is C23H35N5O3S. The van der Waals surface area contributed by atoms with Gasteiger partial charge in [-0.05, 0) is 32.3 Å². The Labute approximate surface area is 194 Å². The summed E-state index contributed by atoms with van der Waals surface area (Å²) in [5, 5.41) is 7.60. The van der Waals surface area contributed by atoms with Crippen molar-refractivity contribution >= 4 is 33.3 Å². The second-order valence-corrected chi connectivity index (χ2v) is 10.0. The van der Waals surface area contributed by atoms with E-state index in [1.165, 1.54) is 30.6 Å². The molecule has 176 valence electrons. The standard InChI is InChI=1S/C23H35N5O3S/c1-16(13-30-3)27-20-18-17(2)19(32-22(18)26-15-25-20)21(29)24-14-23(7-5-4-6-8-23)28-9-11-31-12-10-28/h15-16H,4-14H2,1-3H3,(H,24,29)(H,25,26,27)/t16-/m0/s1. The molecule has 4 rings (SSSR count). The van der Waals surface area contributed by atoms with E-state index in [-0.39, 0.29) is 17.5 Å². The molecule has 3 heterocycles. The summed E-state index contributed by atoms with van der Waals surface area (Å²) in [6, 6.07) is 0.106. The predicted molar refractivity (Wildman–Crippen MR) is 128 cm³/mol. The Morgan fingerprint density at radius 2 is 2.03 bits per heavy atom. The fourth-order valence-electron chi connectivity index (χ4n) is 5.10. The smallest absolute Gasteiger partial charge is 0.261 e. The molecule has 8 nitrogen and oxygen atoms in total. The fraction of sp³-hybridized carbons (Fsp3) is 0.696. The molecule has 2 aromatic rings. The van der Waals surface area contributed by atoms with E-state index in [0.717, 1.165) is 65.6 Å². The largest absolute Gasteiger partial charge is 0.383 e. The van der Waals surface area contributed by atoms with Gasteiger partial charge in [-0.15, -0.1) is 11.3 Å². The number of carbonyl (C=O) groups is 1. The van der Waals surface area contributed by atoms with Crippen LogP contribution in [0.3, 0.4) is 0 Å². The van der Waals surface area contributed by atoms with Crippen molar-refractivity contribution < 1.29 is 14.3 Å². The van der Waals surface area contributed by atoms with Gasteiger partial charge in [0.2, 0.25) is 0 Å². The van der Waals surface area contributed by atoms with E-state index < -0.39 is 0 Å². The number of carbonyl (C=O) groups excluding carboxylic acids is 1. The molecule has 1 saturated heterocycles. The number of hydrogen-bond donors (Lipinski definition) is 2. The number of methoxy groups -OCH3 is 1. The number of aromatic nitrogens is 2. The average Bonchev–Trinajstić information content (AvgIpc) is 3.16. The molecule has 9 heteroatoms. The lowest BCUT2D eigenvalue weighted by molar-refractivity contribution is -0.0361. The number of aryl methyl sites for hydroxylation is 1. The number of ether oxygens (including phenoxy) is 2. The molecule has 2 aromatic heterocycles. The highest BCUT2D eigenvalue weighted by Crippen LogP contribution is 2.36. The molecule has 2 N–H and O–H groups in total. The summed E-state index contributed by atoms with van der Waals surface area (Å²) in [7, 11) is 1.68. The molecule has 1 saturated carbocycles. The SMILES string of the molecule is COC[C@H](C)Nc1ncnc2sc(C(=O)NCC3(N4CCOCC4)CCCCC3)c(C)c12. The van der Waals surface area contributed by atoms with Gasteiger partial charge in [-0.25, -0.2) is 9.97 Å². The highest BCUT2D eigenvalue weighted by molar-refractivity contribution is 7.20. The van der Waals surface area contributed by atoms with Crippen LogP contribution in [0.15, 0.2) is 6.33 Å². The Morgan fingerprint density at radius 1 is 1.28 bits per heavy atom. The number of amides is 1. The van der Waals surface area contributed by atoms with Crippen molar-refractivity contribution in [3.05, 3.63) is 16.8 Å². The van der Waals surface area contributed by atoms with Crippen LogP contribution in [-0.2, 0) is 9.47 Å². The van der Waals surface area contributed by atoms with E-state index >= 15 is 0 Å². The highest BCUT2D eigenvalue weighted by Gasteiger charge is 2.39. The molecule has 0 radical (unpaired) electrons. The minimum atomic E-state index is -0.0143. The van der Waals surface area contributed by atoms with Crippen molar-refractivity contribution in [3.8, 4) is 0 Å². The number of anilines is 1. The van der Waals surface area contributed by atoms with E-state index in [1.54, 1.807) is 13.4 Å². The minimum Gasteiger partial charge on any atom is -0.383 e. The summed E-state index contributed by atoms with van der Waals surface area (Å²) < 4.78 is 10.8. The quantitative estimate of drug-likeness (QED) is 0.624. The Balaban J connectivity index is 1.52. The maximum absolute atomic E-state index is 13.3. The van der Waals surface area contributed by atoms with Crippen LogP contribution < -0.4 is 10.6 Å². The molecule has 2 fully saturated rings. The number of morpholine rings is 1. The second kappa shape index (κ2) is 10.4. The van der Waals surface area contributed by atoms with Crippen LogP contribution in [0.2, 0.25) is 0 Å². The van der Waals surface area contributed by atoms with Crippen LogP contribution in [0.4, 0.5) is 5.82 Å². The number of hydrogen-bond acceptors (Lipinski definition) is 8. The van der Waals surface area contributed by atoms with Crippen LogP contribution in [0, 0.1) is 6.92 Å². The van der Waals surface area contributed by atoms with Gasteiger partial charge in [-0.1, -0.05) is 19.3 Å². The number of nitrogens with zero attached hydrogens (tertiary/aromatic N) is 3. The molecule has 1 aliphatic carbocycles. The zero-order chi connectivity index (χ0) is 22.6. The fourth-order valence-corrected chi connectivity index (χ4v) is 6.17. The van der Waals surface area contributed by atoms with E-state index in [9.17, 15) is 4.79 Å². The molecule has 1 atom stereocenters. The van der Waals surface area contributed by atoms with Gasteiger partial charge in [0, 0.05) is 38.3 Å². The van der Waals surface area contributed by atoms with Crippen molar-refractivity contribution in [2.75, 3.05) is 51.9 Å². The third-order valence-corrected chi connectivity index (χ3v) is 7.98. The van der Waals surface area contributed by atoms with Gasteiger partial charge in [0.15, 0.2) is 0 Å². The molecule has 1 aliphatic heterocycles. The number of nitrogens with one attached hydrogen (secondary N) is 2. The molecule has 0 bridgehead atoms. The first kappa shape index (κ1) is 23.4. The predicted octanol–water partition coefficient (Wildman–Crippen LogP) is 3.21. The van der Waals surface area contributed by atoms with Crippen LogP contribution >= 0.6 is 11.3 Å². The first-order valence-electron chi connectivity index (χ1n) is 11.6. The molecule has 0 aromatic carbocycles. The van der Waals surface area contributed by atoms with Crippen LogP contribution in [-0.4, -0.2) is 78.9 Å². The Hall–Kier alpha value is -1.81. The maximum Gasteiger partial charge on any atom is 0.261 e. The highest BCUT2D eigenvalue weighted by atomic mass is 32.1. The number of rotatable bonds is 8. The lowest BCUT2D eigenvalue weighted by Gasteiger charge is -2.48. The van der Waals surface area contributed by atoms with Crippen molar-refractivity contribution in [1.82, 2.24) is 20.2 Å². The van der Waals surface area contributed by atoms with E-state index in [2.05, 4.69) is 25.5 Å². The first-order chi connectivity index (χ1) is 15.5. The summed E-state index contributed by atoms with van der Waals surface area (Å²) >= 11 is 1.44. The van der Waals surface area contributed by atoms with Gasteiger partial charge in [-0.3, -0.25) is 9.69 Å². The summed E-state index contributed by atoms with van der Waals surface area (Å²) in [5.41, 5.74) is 0.976. The van der Waals surface area contributed by atoms with Gasteiger partial charge >= 0.3 is 0 Å². The lowest BCUT2D eigenvalue weighted by Crippen LogP contribution is -2.59. The van der Waals surface area contributed by atoms with Crippen LogP contribution in [0.25, 0.3) is 10.2 Å². The average molecular weight is 462 g/mol. The van der Waals surface area contributed by atoms with Crippen molar-refractivity contribution in [3.63, 3.8) is 0 Å². The van der Waals surface area contributed by atoms with Gasteiger partial charge in [-0.2, -0.15) is 0 Å². The summed E-state index contributed by atoms with van der Waals surface area (Å²) in [4.78, 5) is 26.3. The van der Waals surface area contributed by atoms with Crippen LogP contribution in [0.5, 0.6) is 0 Å². The Bertz CT molecular complexity index is 922. The molecule has 0 unspecified atom stereocenters. The third kappa shape index (κ3) is 4.90. The first-order valence-corrected chi connectivity index (χ1v) is 12.5. The zero-order valence-electron chi connectivity index (χ0n) is 19.4. The van der Waals surface area contributed by atoms with Crippen molar-refractivity contribution in [1.29, 1.82) is 0 Å². The van der Waals surface area contributed by atoms with Crippen LogP contribution in [0.1, 0.15) is 54.3 Å². The Kier molecular flexibility index (Phi) is 7.60. The van der Waals surface area contributed by atoms with E-state index in [4.69, 9.17) is 9.47 Å². The van der Waals surface area contributed by atoms with Gasteiger partial charge in [0.05, 0.1) is 30.1 Å². The maximum atomic E-state index is 13.3. The summed E-state index contributed by atoms with van der Waals surface area (Å²) in [5.74, 6) is 0.740. The number of fused-ring (bicyclic) bond motifs is 1. The molecule has 0 spiro atoms. The lowest BCUT2D eigenvalue weighted by atomic mass is 9.79. The summed E-state index contributed by atoms with van der Waals surface area (Å²) in [6.07, 6.45) is 7.55. The van der Waals surface area contributed by atoms with Gasteiger partial charge in [0.1, 0.15) is 17.0 Å². The monoisotopic (exact) mass is 461 g/mol. The van der Waals surface area contributed by atoms with Gasteiger partial charge in [0.25, 0.3) is 5.91 Å². The molecule has 2 aliphatic rings. The molecule has 32 heavy (non-hydrogen) atoms. The summed E-state index contributed by atoms with van der Waals surface area (Å²) in [6.45, 7) is 8.74. The zero-order valence-corrected chi connectivity index (χ0v) is 20.2. The topological polar surface area (TPSA) is 88.6 Å². The van der Waals surface area contributed by atoms with E-state index in [0.29, 0.717) is 13.2 Å². The number of thiophene rings is 1. The molecular weight excluding hydrogens is 426 g/mol. The van der Waals surface area contributed by atoms with Crippen molar-refractivity contribution in [2.24, 2.45) is 0 Å². The van der Waals surface area contributed by atoms with Crippen molar-refractivity contribution in [2.45, 2.75) is 57.5 Å². The third-order valence-electron chi connectivity index (χ3n) is 6.78. The van der Waals surface area contributed by atoms with E-state index in [1.807, 2.05) is 13.8 Å². The van der Waals surface area contributed by atoms with Gasteiger partial charge < -0.3 is 20.1 Å². The normalized spacial score (nSPS) is 20.2.